The molecule has 190 valence electrons. The average Bonchev–Trinajstić information content (AvgIpc) is 3.52. The first-order valence-corrected chi connectivity index (χ1v) is 12.1. The summed E-state index contributed by atoms with van der Waals surface area (Å²) in [6.07, 6.45) is 2.39. The maximum Gasteiger partial charge on any atom is 0.252 e. The van der Waals surface area contributed by atoms with Crippen LogP contribution in [0.5, 0.6) is 0 Å². The van der Waals surface area contributed by atoms with Crippen molar-refractivity contribution in [2.24, 2.45) is 5.41 Å². The van der Waals surface area contributed by atoms with Crippen molar-refractivity contribution in [1.82, 2.24) is 34.9 Å². The van der Waals surface area contributed by atoms with Crippen molar-refractivity contribution < 1.29 is 19.0 Å². The maximum atomic E-state index is 14.5. The van der Waals surface area contributed by atoms with Crippen LogP contribution >= 0.6 is 0 Å². The number of halogens is 2. The van der Waals surface area contributed by atoms with Gasteiger partial charge >= 0.3 is 0 Å². The lowest BCUT2D eigenvalue weighted by molar-refractivity contribution is 0.0249. The monoisotopic (exact) mass is 505 g/mol. The second-order valence-corrected chi connectivity index (χ2v) is 10.3. The van der Waals surface area contributed by atoms with Crippen LogP contribution in [-0.4, -0.2) is 51.2 Å². The fourth-order valence-electron chi connectivity index (χ4n) is 6.18. The minimum absolute atomic E-state index is 0.0633. The second-order valence-electron chi connectivity index (χ2n) is 10.3. The minimum atomic E-state index is -1.23. The third-order valence-corrected chi connectivity index (χ3v) is 8.12. The van der Waals surface area contributed by atoms with E-state index < -0.39 is 29.3 Å². The molecule has 0 radical (unpaired) electrons. The van der Waals surface area contributed by atoms with E-state index in [1.807, 2.05) is 6.07 Å². The number of fused-ring (bicyclic) bond motifs is 5. The zero-order valence-corrected chi connectivity index (χ0v) is 20.5. The van der Waals surface area contributed by atoms with Crippen LogP contribution in [0.1, 0.15) is 68.4 Å². The Morgan fingerprint density at radius 1 is 1.08 bits per heavy atom. The number of benzene rings is 1. The molecule has 2 aliphatic carbocycles. The Bertz CT molecular complexity index is 1500. The Balaban J connectivity index is 1.46. The van der Waals surface area contributed by atoms with Crippen LogP contribution in [0.3, 0.4) is 0 Å². The van der Waals surface area contributed by atoms with E-state index in [1.54, 1.807) is 12.3 Å². The summed E-state index contributed by atoms with van der Waals surface area (Å²) in [7, 11) is 0. The van der Waals surface area contributed by atoms with Gasteiger partial charge in [0.2, 0.25) is 0 Å². The molecule has 1 fully saturated rings. The molecule has 0 amide bonds. The van der Waals surface area contributed by atoms with Crippen molar-refractivity contribution in [3.8, 4) is 17.2 Å². The number of aromatic nitrogens is 7. The van der Waals surface area contributed by atoms with Crippen LogP contribution in [-0.2, 0) is 5.41 Å². The molecule has 1 saturated carbocycles. The smallest absolute Gasteiger partial charge is 0.252 e. The van der Waals surface area contributed by atoms with Crippen LogP contribution in [0.4, 0.5) is 8.78 Å². The zero-order chi connectivity index (χ0) is 26.1. The van der Waals surface area contributed by atoms with Gasteiger partial charge in [-0.3, -0.25) is 0 Å². The highest BCUT2D eigenvalue weighted by atomic mass is 19.1. The summed E-state index contributed by atoms with van der Waals surface area (Å²) in [6, 6.07) is 7.36. The second kappa shape index (κ2) is 8.15. The molecule has 2 bridgehead atoms. The number of aliphatic hydroxyl groups is 2. The van der Waals surface area contributed by atoms with E-state index in [1.165, 1.54) is 36.1 Å². The summed E-state index contributed by atoms with van der Waals surface area (Å²) in [5.41, 5.74) is 1.50. The van der Waals surface area contributed by atoms with Crippen LogP contribution in [0.15, 0.2) is 42.9 Å². The number of aliphatic hydroxyl groups excluding tert-OH is 2. The number of hydrogen-bond acceptors (Lipinski definition) is 8. The van der Waals surface area contributed by atoms with Crippen LogP contribution < -0.4 is 0 Å². The molecular formula is C26H25F2N7O2. The topological polar surface area (TPSA) is 123 Å². The Morgan fingerprint density at radius 2 is 1.84 bits per heavy atom. The molecule has 37 heavy (non-hydrogen) atoms. The summed E-state index contributed by atoms with van der Waals surface area (Å²) < 4.78 is 30.4. The normalized spacial score (nSPS) is 23.2. The Kier molecular flexibility index (Phi) is 5.22. The highest BCUT2D eigenvalue weighted by Gasteiger charge is 2.65. The summed E-state index contributed by atoms with van der Waals surface area (Å²) in [4.78, 5) is 13.3. The third-order valence-electron chi connectivity index (χ3n) is 8.12. The first-order valence-electron chi connectivity index (χ1n) is 12.1. The van der Waals surface area contributed by atoms with Crippen molar-refractivity contribution in [3.63, 3.8) is 0 Å². The first-order chi connectivity index (χ1) is 17.6. The molecule has 9 nitrogen and oxygen atoms in total. The molecule has 0 unspecified atom stereocenters. The molecule has 6 rings (SSSR count). The van der Waals surface area contributed by atoms with E-state index in [0.29, 0.717) is 0 Å². The fraction of sp³-hybridized carbons (Fsp3) is 0.385. The molecule has 4 atom stereocenters. The SMILES string of the molecule is C[C@H](O)[C@H](O)c1ncn(-c2nccc([C@@]34CC[C@@H](c5cc(-c6c(F)cccc6F)nnc53)C4(C)C)n2)n1. The van der Waals surface area contributed by atoms with Crippen LogP contribution in [0, 0.1) is 17.0 Å². The van der Waals surface area contributed by atoms with Gasteiger partial charge in [0.15, 0.2) is 5.82 Å². The Labute approximate surface area is 211 Å². The molecule has 2 aliphatic rings. The van der Waals surface area contributed by atoms with E-state index in [9.17, 15) is 19.0 Å². The summed E-state index contributed by atoms with van der Waals surface area (Å²) >= 11 is 0. The lowest BCUT2D eigenvalue weighted by Crippen LogP contribution is -2.38. The van der Waals surface area contributed by atoms with Crippen LogP contribution in [0.25, 0.3) is 17.2 Å². The van der Waals surface area contributed by atoms with Gasteiger partial charge < -0.3 is 10.2 Å². The van der Waals surface area contributed by atoms with Gasteiger partial charge in [0.1, 0.15) is 24.1 Å². The number of rotatable bonds is 5. The van der Waals surface area contributed by atoms with Crippen molar-refractivity contribution in [2.75, 3.05) is 0 Å². The highest BCUT2D eigenvalue weighted by molar-refractivity contribution is 5.64. The zero-order valence-electron chi connectivity index (χ0n) is 20.5. The summed E-state index contributed by atoms with van der Waals surface area (Å²) in [5.74, 6) is -0.939. The standard InChI is InChI=1S/C26H25F2N7O2/c1-13(36)21(37)23-30-12-35(34-23)24-29-10-8-19(31-24)26-9-7-15(25(26,2)3)14-11-18(32-33-22(14)26)20-16(27)5-4-6-17(20)28/h4-6,8,10-13,15,21,36-37H,7,9H2,1-3H3/t13-,15-,21-,26-/m0/s1. The first kappa shape index (κ1) is 23.7. The van der Waals surface area contributed by atoms with E-state index in [2.05, 4.69) is 39.1 Å². The van der Waals surface area contributed by atoms with Gasteiger partial charge in [0.05, 0.1) is 34.2 Å². The Morgan fingerprint density at radius 3 is 2.57 bits per heavy atom. The van der Waals surface area contributed by atoms with Gasteiger partial charge in [0.25, 0.3) is 5.95 Å². The average molecular weight is 506 g/mol. The van der Waals surface area contributed by atoms with Gasteiger partial charge in [-0.25, -0.2) is 23.7 Å². The predicted octanol–water partition coefficient (Wildman–Crippen LogP) is 3.41. The van der Waals surface area contributed by atoms with E-state index in [0.717, 1.165) is 29.8 Å². The largest absolute Gasteiger partial charge is 0.390 e. The molecular weight excluding hydrogens is 480 g/mol. The Hall–Kier alpha value is -3.70. The fourth-order valence-corrected chi connectivity index (χ4v) is 6.18. The summed E-state index contributed by atoms with van der Waals surface area (Å²) in [5, 5.41) is 32.8. The van der Waals surface area contributed by atoms with Gasteiger partial charge in [-0.15, -0.1) is 10.2 Å². The van der Waals surface area contributed by atoms with Crippen molar-refractivity contribution >= 4 is 0 Å². The molecule has 3 heterocycles. The van der Waals surface area contributed by atoms with Crippen molar-refractivity contribution in [3.05, 3.63) is 77.3 Å². The molecule has 1 aromatic carbocycles. The third kappa shape index (κ3) is 3.27. The van der Waals surface area contributed by atoms with Gasteiger partial charge in [0, 0.05) is 6.20 Å². The van der Waals surface area contributed by atoms with Gasteiger partial charge in [-0.2, -0.15) is 9.78 Å². The molecule has 0 aliphatic heterocycles. The lowest BCUT2D eigenvalue weighted by Gasteiger charge is -2.37. The lowest BCUT2D eigenvalue weighted by atomic mass is 9.66. The van der Waals surface area contributed by atoms with Gasteiger partial charge in [-0.05, 0) is 60.9 Å². The quantitative estimate of drug-likeness (QED) is 0.423. The van der Waals surface area contributed by atoms with E-state index >= 15 is 0 Å². The number of hydrogen-bond donors (Lipinski definition) is 2. The van der Waals surface area contributed by atoms with Gasteiger partial charge in [-0.1, -0.05) is 19.9 Å². The predicted molar refractivity (Wildman–Crippen MR) is 128 cm³/mol. The molecule has 0 saturated heterocycles. The highest BCUT2D eigenvalue weighted by Crippen LogP contribution is 2.69. The van der Waals surface area contributed by atoms with Crippen molar-refractivity contribution in [2.45, 2.75) is 57.2 Å². The molecule has 2 N–H and O–H groups in total. The molecule has 4 aromatic rings. The van der Waals surface area contributed by atoms with Crippen molar-refractivity contribution in [1.29, 1.82) is 0 Å². The summed E-state index contributed by atoms with van der Waals surface area (Å²) in [6.45, 7) is 5.76. The molecule has 3 aromatic heterocycles. The maximum absolute atomic E-state index is 14.5. The van der Waals surface area contributed by atoms with E-state index in [4.69, 9.17) is 4.98 Å². The molecule has 11 heteroatoms. The van der Waals surface area contributed by atoms with E-state index in [-0.39, 0.29) is 34.4 Å². The minimum Gasteiger partial charge on any atom is -0.390 e. The van der Waals surface area contributed by atoms with Crippen LogP contribution in [0.2, 0.25) is 0 Å². The number of nitrogens with zero attached hydrogens (tertiary/aromatic N) is 7. The molecule has 0 spiro atoms.